The van der Waals surface area contributed by atoms with Gasteiger partial charge in [0.15, 0.2) is 0 Å². The summed E-state index contributed by atoms with van der Waals surface area (Å²) in [6.07, 6.45) is 2.83. The second kappa shape index (κ2) is 9.48. The molecular formula is C22H31BN3O4S. The van der Waals surface area contributed by atoms with Crippen molar-refractivity contribution in [1.29, 1.82) is 0 Å². The van der Waals surface area contributed by atoms with E-state index in [9.17, 15) is 14.4 Å². The summed E-state index contributed by atoms with van der Waals surface area (Å²) in [6, 6.07) is 5.54. The van der Waals surface area contributed by atoms with E-state index >= 15 is 0 Å². The van der Waals surface area contributed by atoms with Gasteiger partial charge in [0.05, 0.1) is 5.60 Å². The minimum Gasteiger partial charge on any atom is -0.428 e. The summed E-state index contributed by atoms with van der Waals surface area (Å²) < 4.78 is 7.83. The van der Waals surface area contributed by atoms with Gasteiger partial charge in [-0.2, -0.15) is 12.6 Å². The molecule has 167 valence electrons. The molecule has 0 unspecified atom stereocenters. The molecule has 2 aromatic rings. The van der Waals surface area contributed by atoms with Crippen LogP contribution in [0.3, 0.4) is 0 Å². The average molecular weight is 444 g/mol. The highest BCUT2D eigenvalue weighted by atomic mass is 32.1. The summed E-state index contributed by atoms with van der Waals surface area (Å²) in [5.74, 6) is -0.566. The van der Waals surface area contributed by atoms with Crippen LogP contribution in [0.4, 0.5) is 5.69 Å². The number of amides is 1. The highest BCUT2D eigenvalue weighted by molar-refractivity contribution is 7.81. The topological polar surface area (TPSA) is 82.3 Å². The van der Waals surface area contributed by atoms with Crippen molar-refractivity contribution in [3.63, 3.8) is 0 Å². The van der Waals surface area contributed by atoms with Crippen LogP contribution < -0.4 is 22.0 Å². The summed E-state index contributed by atoms with van der Waals surface area (Å²) in [6.45, 7) is 9.96. The molecule has 0 aliphatic rings. The molecule has 1 amide bonds. The van der Waals surface area contributed by atoms with Crippen LogP contribution in [0.15, 0.2) is 34.0 Å². The molecule has 7 nitrogen and oxygen atoms in total. The van der Waals surface area contributed by atoms with Gasteiger partial charge in [0.25, 0.3) is 11.5 Å². The molecule has 0 saturated carbocycles. The van der Waals surface area contributed by atoms with Gasteiger partial charge in [0.1, 0.15) is 5.56 Å². The number of nitrogens with zero attached hydrogens (tertiary/aromatic N) is 2. The lowest BCUT2D eigenvalue weighted by molar-refractivity contribution is 0.0854. The zero-order valence-corrected chi connectivity index (χ0v) is 20.2. The third kappa shape index (κ3) is 5.51. The molecule has 31 heavy (non-hydrogen) atoms. The van der Waals surface area contributed by atoms with Gasteiger partial charge in [-0.15, -0.1) is 0 Å². The minimum absolute atomic E-state index is 0.101. The number of benzene rings is 1. The fourth-order valence-electron chi connectivity index (χ4n) is 2.87. The molecule has 0 aliphatic carbocycles. The molecule has 9 heteroatoms. The minimum atomic E-state index is -0.638. The van der Waals surface area contributed by atoms with Crippen LogP contribution >= 0.6 is 12.6 Å². The van der Waals surface area contributed by atoms with Crippen LogP contribution in [-0.2, 0) is 25.2 Å². The van der Waals surface area contributed by atoms with Gasteiger partial charge in [0.2, 0.25) is 0 Å². The SMILES string of the molecule is CCCc1c([B]OC(C)(C)C(C)(C)S)cccc1NC(=O)c1cn(C)c(=O)n(C)c1=O. The molecule has 0 bridgehead atoms. The van der Waals surface area contributed by atoms with Crippen LogP contribution in [-0.4, -0.2) is 32.9 Å². The summed E-state index contributed by atoms with van der Waals surface area (Å²) in [7, 11) is 4.55. The molecule has 1 aromatic carbocycles. The Morgan fingerprint density at radius 2 is 1.84 bits per heavy atom. The Labute approximate surface area is 189 Å². The van der Waals surface area contributed by atoms with Crippen LogP contribution in [0.25, 0.3) is 0 Å². The summed E-state index contributed by atoms with van der Waals surface area (Å²) in [4.78, 5) is 37.2. The van der Waals surface area contributed by atoms with Gasteiger partial charge in [-0.05, 0) is 51.2 Å². The van der Waals surface area contributed by atoms with Crippen molar-refractivity contribution in [2.45, 2.75) is 57.8 Å². The van der Waals surface area contributed by atoms with E-state index in [1.165, 1.54) is 24.9 Å². The third-order valence-electron chi connectivity index (χ3n) is 5.61. The van der Waals surface area contributed by atoms with E-state index in [-0.39, 0.29) is 10.3 Å². The first-order valence-electron chi connectivity index (χ1n) is 10.2. The zero-order chi connectivity index (χ0) is 23.6. The van der Waals surface area contributed by atoms with Crippen molar-refractivity contribution in [1.82, 2.24) is 9.13 Å². The number of thiol groups is 1. The van der Waals surface area contributed by atoms with Gasteiger partial charge in [-0.25, -0.2) is 4.79 Å². The van der Waals surface area contributed by atoms with Crippen LogP contribution in [0.2, 0.25) is 0 Å². The van der Waals surface area contributed by atoms with Gasteiger partial charge in [-0.3, -0.25) is 14.2 Å². The van der Waals surface area contributed by atoms with Crippen LogP contribution in [0.5, 0.6) is 0 Å². The lowest BCUT2D eigenvalue weighted by Crippen LogP contribution is -2.46. The fraction of sp³-hybridized carbons (Fsp3) is 0.500. The molecule has 1 aromatic heterocycles. The van der Waals surface area contributed by atoms with Crippen LogP contribution in [0.1, 0.15) is 57.0 Å². The van der Waals surface area contributed by atoms with Crippen molar-refractivity contribution in [3.8, 4) is 0 Å². The van der Waals surface area contributed by atoms with Crippen molar-refractivity contribution in [2.24, 2.45) is 14.1 Å². The number of nitrogens with one attached hydrogen (secondary N) is 1. The van der Waals surface area contributed by atoms with E-state index in [1.807, 2.05) is 46.8 Å². The average Bonchev–Trinajstić information content (AvgIpc) is 2.68. The molecule has 0 fully saturated rings. The molecule has 1 heterocycles. The highest BCUT2D eigenvalue weighted by Gasteiger charge is 2.34. The van der Waals surface area contributed by atoms with Gasteiger partial charge in [-0.1, -0.05) is 25.5 Å². The van der Waals surface area contributed by atoms with Gasteiger partial charge in [0, 0.05) is 30.7 Å². The number of aromatic nitrogens is 2. The second-order valence-corrected chi connectivity index (χ2v) is 9.80. The number of hydrogen-bond acceptors (Lipinski definition) is 5. The highest BCUT2D eigenvalue weighted by Crippen LogP contribution is 2.30. The number of anilines is 1. The summed E-state index contributed by atoms with van der Waals surface area (Å²) in [5.41, 5.74) is 0.600. The molecule has 0 atom stereocenters. The molecular weight excluding hydrogens is 413 g/mol. The van der Waals surface area contributed by atoms with E-state index in [0.29, 0.717) is 12.1 Å². The van der Waals surface area contributed by atoms with Crippen molar-refractivity contribution >= 4 is 37.2 Å². The summed E-state index contributed by atoms with van der Waals surface area (Å²) in [5, 5.41) is 2.84. The third-order valence-corrected chi connectivity index (χ3v) is 6.14. The quantitative estimate of drug-likeness (QED) is 0.482. The van der Waals surface area contributed by atoms with Crippen molar-refractivity contribution < 1.29 is 9.45 Å². The lowest BCUT2D eigenvalue weighted by Gasteiger charge is -2.38. The second-order valence-electron chi connectivity index (χ2n) is 8.68. The maximum Gasteiger partial charge on any atom is 0.331 e. The lowest BCUT2D eigenvalue weighted by atomic mass is 9.79. The Bertz CT molecular complexity index is 1080. The number of aryl methyl sites for hydroxylation is 1. The Morgan fingerprint density at radius 1 is 1.19 bits per heavy atom. The first kappa shape index (κ1) is 25.0. The van der Waals surface area contributed by atoms with Gasteiger partial charge < -0.3 is 14.5 Å². The zero-order valence-electron chi connectivity index (χ0n) is 19.3. The van der Waals surface area contributed by atoms with Crippen molar-refractivity contribution in [2.75, 3.05) is 5.32 Å². The number of hydrogen-bond donors (Lipinski definition) is 2. The maximum absolute atomic E-state index is 12.9. The summed E-state index contributed by atoms with van der Waals surface area (Å²) >= 11 is 4.63. The molecule has 0 aliphatic heterocycles. The Kier molecular flexibility index (Phi) is 7.65. The van der Waals surface area contributed by atoms with E-state index in [0.717, 1.165) is 22.0 Å². The molecule has 1 radical (unpaired) electrons. The Morgan fingerprint density at radius 3 is 2.42 bits per heavy atom. The van der Waals surface area contributed by atoms with E-state index < -0.39 is 22.8 Å². The molecule has 2 rings (SSSR count). The number of carbonyl (C=O) groups is 1. The Hall–Kier alpha value is -2.26. The van der Waals surface area contributed by atoms with Crippen molar-refractivity contribution in [3.05, 3.63) is 56.4 Å². The first-order valence-corrected chi connectivity index (χ1v) is 10.7. The molecule has 0 spiro atoms. The predicted molar refractivity (Wildman–Crippen MR) is 129 cm³/mol. The maximum atomic E-state index is 12.9. The van der Waals surface area contributed by atoms with E-state index in [2.05, 4.69) is 17.9 Å². The van der Waals surface area contributed by atoms with E-state index in [1.54, 1.807) is 13.5 Å². The largest absolute Gasteiger partial charge is 0.428 e. The van der Waals surface area contributed by atoms with Gasteiger partial charge >= 0.3 is 13.2 Å². The molecule has 0 saturated heterocycles. The predicted octanol–water partition coefficient (Wildman–Crippen LogP) is 2.04. The Balaban J connectivity index is 2.38. The monoisotopic (exact) mass is 444 g/mol. The fourth-order valence-corrected chi connectivity index (χ4v) is 2.92. The van der Waals surface area contributed by atoms with Crippen LogP contribution in [0, 0.1) is 0 Å². The molecule has 1 N–H and O–H groups in total. The van der Waals surface area contributed by atoms with E-state index in [4.69, 9.17) is 4.65 Å². The number of rotatable bonds is 8. The smallest absolute Gasteiger partial charge is 0.331 e. The number of carbonyl (C=O) groups excluding carboxylic acids is 1. The standard InChI is InChI=1S/C22H31BN3O4S/c1-8-10-14-16(23-30-21(2,3)22(4,5)31)11-9-12-17(14)24-18(27)15-13-25(6)20(29)26(7)19(15)28/h9,11-13,31H,8,10H2,1-7H3,(H,24,27). The first-order chi connectivity index (χ1) is 14.3. The normalized spacial score (nSPS) is 12.0.